The predicted octanol–water partition coefficient (Wildman–Crippen LogP) is 2.09. The zero-order chi connectivity index (χ0) is 15.9. The molecule has 2 N–H and O–H groups in total. The Bertz CT molecular complexity index is 842. The highest BCUT2D eigenvalue weighted by Gasteiger charge is 2.24. The molecule has 0 unspecified atom stereocenters. The third-order valence-corrected chi connectivity index (χ3v) is 3.83. The van der Waals surface area contributed by atoms with Gasteiger partial charge in [-0.25, -0.2) is 9.59 Å². The van der Waals surface area contributed by atoms with Crippen LogP contribution in [0.4, 0.5) is 5.69 Å². The molecule has 0 aliphatic heterocycles. The highest BCUT2D eigenvalue weighted by Crippen LogP contribution is 2.33. The molecule has 0 amide bonds. The number of nitrogens with zero attached hydrogens (tertiary/aromatic N) is 1. The van der Waals surface area contributed by atoms with E-state index in [9.17, 15) is 9.59 Å². The number of aryl methyl sites for hydroxylation is 1. The van der Waals surface area contributed by atoms with Crippen LogP contribution in [0.15, 0.2) is 39.4 Å². The van der Waals surface area contributed by atoms with Gasteiger partial charge in [-0.05, 0) is 25.5 Å². The van der Waals surface area contributed by atoms with Crippen LogP contribution >= 0.6 is 0 Å². The number of ether oxygens (including phenoxy) is 1. The topological polar surface area (TPSA) is 87.5 Å². The summed E-state index contributed by atoms with van der Waals surface area (Å²) in [6, 6.07) is 4.73. The van der Waals surface area contributed by atoms with Gasteiger partial charge in [0.15, 0.2) is 0 Å². The molecule has 0 spiro atoms. The minimum absolute atomic E-state index is 0.408. The van der Waals surface area contributed by atoms with Crippen LogP contribution in [0.2, 0.25) is 0 Å². The SMILES string of the molecule is CC1=C(OC(=O)c2cccn2C)CCc2c(N)cc(=O)oc21. The molecule has 0 aromatic carbocycles. The second kappa shape index (κ2) is 5.22. The molecule has 6 heteroatoms. The molecule has 2 heterocycles. The monoisotopic (exact) mass is 300 g/mol. The summed E-state index contributed by atoms with van der Waals surface area (Å²) in [7, 11) is 1.77. The molecule has 114 valence electrons. The number of nitrogen functional groups attached to an aromatic ring is 1. The molecule has 6 nitrogen and oxygen atoms in total. The fourth-order valence-corrected chi connectivity index (χ4v) is 2.62. The number of fused-ring (bicyclic) bond motifs is 1. The summed E-state index contributed by atoms with van der Waals surface area (Å²) >= 11 is 0. The normalized spacial score (nSPS) is 13.9. The quantitative estimate of drug-likeness (QED) is 0.858. The number of carbonyl (C=O) groups is 1. The molecule has 1 aliphatic rings. The van der Waals surface area contributed by atoms with Crippen LogP contribution in [0, 0.1) is 0 Å². The zero-order valence-electron chi connectivity index (χ0n) is 12.4. The first-order valence-corrected chi connectivity index (χ1v) is 6.93. The van der Waals surface area contributed by atoms with E-state index in [1.165, 1.54) is 6.07 Å². The highest BCUT2D eigenvalue weighted by molar-refractivity contribution is 5.89. The summed E-state index contributed by atoms with van der Waals surface area (Å²) in [4.78, 5) is 23.7. The smallest absolute Gasteiger partial charge is 0.360 e. The van der Waals surface area contributed by atoms with Crippen LogP contribution in [0.1, 0.15) is 35.2 Å². The maximum absolute atomic E-state index is 12.2. The number of allylic oxidation sites excluding steroid dienone is 2. The average molecular weight is 300 g/mol. The molecular weight excluding hydrogens is 284 g/mol. The number of hydrogen-bond acceptors (Lipinski definition) is 5. The fourth-order valence-electron chi connectivity index (χ4n) is 2.62. The summed E-state index contributed by atoms with van der Waals surface area (Å²) in [5.74, 6) is 0.481. The second-order valence-electron chi connectivity index (χ2n) is 5.27. The number of nitrogens with two attached hydrogens (primary N) is 1. The summed E-state index contributed by atoms with van der Waals surface area (Å²) in [5.41, 5.74) is 7.64. The second-order valence-corrected chi connectivity index (χ2v) is 5.27. The van der Waals surface area contributed by atoms with Gasteiger partial charge >= 0.3 is 11.6 Å². The molecular formula is C16H16N2O4. The lowest BCUT2D eigenvalue weighted by Gasteiger charge is -2.20. The van der Waals surface area contributed by atoms with Crippen LogP contribution in [0.25, 0.3) is 5.57 Å². The van der Waals surface area contributed by atoms with Gasteiger partial charge in [0, 0.05) is 42.6 Å². The lowest BCUT2D eigenvalue weighted by molar-refractivity contribution is 0.0603. The summed E-state index contributed by atoms with van der Waals surface area (Å²) < 4.78 is 12.4. The van der Waals surface area contributed by atoms with E-state index in [1.54, 1.807) is 36.9 Å². The van der Waals surface area contributed by atoms with Crippen LogP contribution < -0.4 is 11.4 Å². The predicted molar refractivity (Wildman–Crippen MR) is 81.1 cm³/mol. The van der Waals surface area contributed by atoms with Crippen LogP contribution in [-0.4, -0.2) is 10.5 Å². The molecule has 0 saturated carbocycles. The molecule has 22 heavy (non-hydrogen) atoms. The molecule has 0 radical (unpaired) electrons. The molecule has 0 atom stereocenters. The average Bonchev–Trinajstić information content (AvgIpc) is 2.88. The Morgan fingerprint density at radius 3 is 2.86 bits per heavy atom. The van der Waals surface area contributed by atoms with Crippen LogP contribution in [0.5, 0.6) is 0 Å². The van der Waals surface area contributed by atoms with Gasteiger partial charge in [0.25, 0.3) is 0 Å². The van der Waals surface area contributed by atoms with Crippen molar-refractivity contribution in [3.63, 3.8) is 0 Å². The van der Waals surface area contributed by atoms with E-state index in [0.717, 1.165) is 5.56 Å². The molecule has 0 fully saturated rings. The Hall–Kier alpha value is -2.76. The van der Waals surface area contributed by atoms with Crippen molar-refractivity contribution < 1.29 is 13.9 Å². The van der Waals surface area contributed by atoms with Gasteiger partial charge in [-0.3, -0.25) is 0 Å². The minimum Gasteiger partial charge on any atom is -0.426 e. The maximum atomic E-state index is 12.2. The van der Waals surface area contributed by atoms with E-state index in [-0.39, 0.29) is 0 Å². The third-order valence-electron chi connectivity index (χ3n) is 3.83. The molecule has 2 aromatic heterocycles. The van der Waals surface area contributed by atoms with Crippen molar-refractivity contribution in [1.29, 1.82) is 0 Å². The number of rotatable bonds is 2. The third kappa shape index (κ3) is 2.32. The molecule has 0 bridgehead atoms. The molecule has 1 aliphatic carbocycles. The summed E-state index contributed by atoms with van der Waals surface area (Å²) in [6.45, 7) is 1.76. The van der Waals surface area contributed by atoms with E-state index in [0.29, 0.717) is 41.3 Å². The van der Waals surface area contributed by atoms with Gasteiger partial charge in [0.05, 0.1) is 0 Å². The summed E-state index contributed by atoms with van der Waals surface area (Å²) in [6.07, 6.45) is 2.87. The Balaban J connectivity index is 1.96. The van der Waals surface area contributed by atoms with Gasteiger partial charge in [0.1, 0.15) is 17.2 Å². The Morgan fingerprint density at radius 1 is 1.41 bits per heavy atom. The first-order valence-electron chi connectivity index (χ1n) is 6.93. The molecule has 3 rings (SSSR count). The highest BCUT2D eigenvalue weighted by atomic mass is 16.5. The van der Waals surface area contributed by atoms with E-state index >= 15 is 0 Å². The van der Waals surface area contributed by atoms with Crippen molar-refractivity contribution in [1.82, 2.24) is 4.57 Å². The lowest BCUT2D eigenvalue weighted by atomic mass is 9.95. The number of hydrogen-bond donors (Lipinski definition) is 1. The fraction of sp³-hybridized carbons (Fsp3) is 0.250. The standard InChI is InChI=1S/C16H16N2O4/c1-9-13(21-16(20)12-4-3-7-18(12)2)6-5-10-11(17)8-14(19)22-15(9)10/h3-4,7-8H,5-6,17H2,1-2H3. The number of aromatic nitrogens is 1. The van der Waals surface area contributed by atoms with E-state index in [4.69, 9.17) is 14.9 Å². The van der Waals surface area contributed by atoms with Crippen molar-refractivity contribution in [3.05, 3.63) is 57.6 Å². The van der Waals surface area contributed by atoms with Crippen molar-refractivity contribution in [2.24, 2.45) is 7.05 Å². The van der Waals surface area contributed by atoms with E-state index in [1.807, 2.05) is 0 Å². The summed E-state index contributed by atoms with van der Waals surface area (Å²) in [5, 5.41) is 0. The van der Waals surface area contributed by atoms with Crippen LogP contribution in [0.3, 0.4) is 0 Å². The van der Waals surface area contributed by atoms with E-state index < -0.39 is 11.6 Å². The molecule has 2 aromatic rings. The molecule has 0 saturated heterocycles. The van der Waals surface area contributed by atoms with Gasteiger partial charge in [0.2, 0.25) is 0 Å². The van der Waals surface area contributed by atoms with Crippen molar-refractivity contribution >= 4 is 17.2 Å². The largest absolute Gasteiger partial charge is 0.426 e. The first kappa shape index (κ1) is 14.2. The Labute approximate surface area is 126 Å². The van der Waals surface area contributed by atoms with Crippen molar-refractivity contribution in [2.45, 2.75) is 19.8 Å². The zero-order valence-corrected chi connectivity index (χ0v) is 12.4. The number of carbonyl (C=O) groups excluding carboxylic acids is 1. The maximum Gasteiger partial charge on any atom is 0.360 e. The lowest BCUT2D eigenvalue weighted by Crippen LogP contribution is -2.16. The van der Waals surface area contributed by atoms with Gasteiger partial charge < -0.3 is 19.5 Å². The van der Waals surface area contributed by atoms with Gasteiger partial charge in [-0.2, -0.15) is 0 Å². The van der Waals surface area contributed by atoms with Gasteiger partial charge in [-0.15, -0.1) is 0 Å². The Kier molecular flexibility index (Phi) is 3.36. The Morgan fingerprint density at radius 2 is 2.18 bits per heavy atom. The van der Waals surface area contributed by atoms with Crippen molar-refractivity contribution in [3.8, 4) is 0 Å². The number of esters is 1. The van der Waals surface area contributed by atoms with E-state index in [2.05, 4.69) is 0 Å². The van der Waals surface area contributed by atoms with Gasteiger partial charge in [-0.1, -0.05) is 0 Å². The number of anilines is 1. The van der Waals surface area contributed by atoms with Crippen molar-refractivity contribution in [2.75, 3.05) is 5.73 Å². The minimum atomic E-state index is -0.509. The van der Waals surface area contributed by atoms with Crippen LogP contribution in [-0.2, 0) is 18.2 Å². The first-order chi connectivity index (χ1) is 10.5.